The zero-order valence-corrected chi connectivity index (χ0v) is 12.3. The molecule has 1 atom stereocenters. The second-order valence-electron chi connectivity index (χ2n) is 4.48. The largest absolute Gasteiger partial charge is 0.480 e. The number of carbonyl (C=O) groups is 1. The van der Waals surface area contributed by atoms with Crippen molar-refractivity contribution in [3.63, 3.8) is 0 Å². The first kappa shape index (κ1) is 14.4. The predicted molar refractivity (Wildman–Crippen MR) is 72.1 cm³/mol. The van der Waals surface area contributed by atoms with Gasteiger partial charge in [0.1, 0.15) is 5.54 Å². The molecule has 19 heavy (non-hydrogen) atoms. The third-order valence-corrected chi connectivity index (χ3v) is 6.00. The number of halogens is 1. The summed E-state index contributed by atoms with van der Waals surface area (Å²) >= 11 is 3.18. The molecule has 0 radical (unpaired) electrons. The van der Waals surface area contributed by atoms with E-state index in [1.807, 2.05) is 0 Å². The molecule has 1 heterocycles. The van der Waals surface area contributed by atoms with Crippen LogP contribution in [0.25, 0.3) is 0 Å². The standard InChI is InChI=1S/C11H13BrN2O4S/c12-8-3-1-2-4-9(8)19(17,18)14-6-5-11(13,7-14)10(15)16/h1-4H,5-7,13H2,(H,15,16). The van der Waals surface area contributed by atoms with Gasteiger partial charge in [-0.05, 0) is 34.5 Å². The van der Waals surface area contributed by atoms with Gasteiger partial charge in [-0.2, -0.15) is 4.31 Å². The van der Waals surface area contributed by atoms with Crippen LogP contribution in [0.2, 0.25) is 0 Å². The minimum Gasteiger partial charge on any atom is -0.480 e. The summed E-state index contributed by atoms with van der Waals surface area (Å²) in [4.78, 5) is 11.2. The Morgan fingerprint density at radius 2 is 2.05 bits per heavy atom. The molecule has 1 fully saturated rings. The molecule has 1 aliphatic heterocycles. The summed E-state index contributed by atoms with van der Waals surface area (Å²) in [6.07, 6.45) is 0.103. The SMILES string of the molecule is NC1(C(=O)O)CCN(S(=O)(=O)c2ccccc2Br)C1. The van der Waals surface area contributed by atoms with Gasteiger partial charge in [0.2, 0.25) is 10.0 Å². The average Bonchev–Trinajstić information content (AvgIpc) is 2.74. The Balaban J connectivity index is 2.34. The van der Waals surface area contributed by atoms with Crippen LogP contribution in [-0.2, 0) is 14.8 Å². The van der Waals surface area contributed by atoms with Crippen molar-refractivity contribution >= 4 is 31.9 Å². The van der Waals surface area contributed by atoms with E-state index in [-0.39, 0.29) is 24.4 Å². The minimum atomic E-state index is -3.73. The van der Waals surface area contributed by atoms with Crippen LogP contribution in [0, 0.1) is 0 Å². The number of sulfonamides is 1. The van der Waals surface area contributed by atoms with Crippen LogP contribution in [0.4, 0.5) is 0 Å². The van der Waals surface area contributed by atoms with Crippen LogP contribution < -0.4 is 5.73 Å². The molecule has 104 valence electrons. The first-order valence-corrected chi connectivity index (χ1v) is 7.78. The van der Waals surface area contributed by atoms with Gasteiger partial charge in [-0.25, -0.2) is 8.42 Å². The molecule has 0 aliphatic carbocycles. The molecule has 0 saturated carbocycles. The van der Waals surface area contributed by atoms with Crippen LogP contribution in [0.15, 0.2) is 33.6 Å². The fraction of sp³-hybridized carbons (Fsp3) is 0.364. The molecule has 0 bridgehead atoms. The van der Waals surface area contributed by atoms with Crippen LogP contribution >= 0.6 is 15.9 Å². The second kappa shape index (κ2) is 4.86. The van der Waals surface area contributed by atoms with Gasteiger partial charge in [0.15, 0.2) is 0 Å². The fourth-order valence-electron chi connectivity index (χ4n) is 1.97. The van der Waals surface area contributed by atoms with Gasteiger partial charge in [-0.15, -0.1) is 0 Å². The molecule has 1 saturated heterocycles. The normalized spacial score (nSPS) is 24.5. The number of carboxylic acids is 1. The summed E-state index contributed by atoms with van der Waals surface area (Å²) < 4.78 is 26.4. The molecule has 0 amide bonds. The number of aliphatic carboxylic acids is 1. The molecule has 6 nitrogen and oxygen atoms in total. The summed E-state index contributed by atoms with van der Waals surface area (Å²) in [7, 11) is -3.73. The summed E-state index contributed by atoms with van der Waals surface area (Å²) in [5.74, 6) is -1.18. The van der Waals surface area contributed by atoms with Gasteiger partial charge in [0.25, 0.3) is 0 Å². The summed E-state index contributed by atoms with van der Waals surface area (Å²) in [5.41, 5.74) is 4.18. The highest BCUT2D eigenvalue weighted by atomic mass is 79.9. The molecule has 0 spiro atoms. The lowest BCUT2D eigenvalue weighted by Crippen LogP contribution is -2.50. The lowest BCUT2D eigenvalue weighted by molar-refractivity contribution is -0.142. The van der Waals surface area contributed by atoms with Crippen LogP contribution in [0.1, 0.15) is 6.42 Å². The van der Waals surface area contributed by atoms with Crippen molar-refractivity contribution in [2.45, 2.75) is 16.9 Å². The molecular formula is C11H13BrN2O4S. The van der Waals surface area contributed by atoms with Gasteiger partial charge in [-0.1, -0.05) is 12.1 Å². The van der Waals surface area contributed by atoms with Gasteiger partial charge in [0.05, 0.1) is 4.90 Å². The minimum absolute atomic E-state index is 0.103. The molecule has 1 aliphatic rings. The van der Waals surface area contributed by atoms with Crippen molar-refractivity contribution in [1.29, 1.82) is 0 Å². The van der Waals surface area contributed by atoms with E-state index < -0.39 is 21.5 Å². The number of nitrogens with two attached hydrogens (primary N) is 1. The van der Waals surface area contributed by atoms with Gasteiger partial charge in [0, 0.05) is 17.6 Å². The Labute approximate surface area is 119 Å². The topological polar surface area (TPSA) is 101 Å². The first-order chi connectivity index (χ1) is 8.77. The maximum atomic E-state index is 12.4. The molecule has 3 N–H and O–H groups in total. The predicted octanol–water partition coefficient (Wildman–Crippen LogP) is 0.626. The molecule has 1 aromatic carbocycles. The molecule has 8 heteroatoms. The molecule has 2 rings (SSSR count). The molecule has 1 unspecified atom stereocenters. The van der Waals surface area contributed by atoms with Gasteiger partial charge < -0.3 is 10.8 Å². The molecular weight excluding hydrogens is 336 g/mol. The number of rotatable bonds is 3. The van der Waals surface area contributed by atoms with Crippen molar-refractivity contribution in [2.24, 2.45) is 5.73 Å². The van der Waals surface area contributed by atoms with Gasteiger partial charge in [-0.3, -0.25) is 4.79 Å². The van der Waals surface area contributed by atoms with Crippen LogP contribution in [0.5, 0.6) is 0 Å². The average molecular weight is 349 g/mol. The maximum absolute atomic E-state index is 12.4. The van der Waals surface area contributed by atoms with E-state index >= 15 is 0 Å². The van der Waals surface area contributed by atoms with Crippen LogP contribution in [0.3, 0.4) is 0 Å². The van der Waals surface area contributed by atoms with Crippen molar-refractivity contribution in [1.82, 2.24) is 4.31 Å². The van der Waals surface area contributed by atoms with Gasteiger partial charge >= 0.3 is 5.97 Å². The number of hydrogen-bond acceptors (Lipinski definition) is 4. The third-order valence-electron chi connectivity index (χ3n) is 3.15. The number of hydrogen-bond donors (Lipinski definition) is 2. The zero-order chi connectivity index (χ0) is 14.3. The Morgan fingerprint density at radius 3 is 2.58 bits per heavy atom. The van der Waals surface area contributed by atoms with Crippen molar-refractivity contribution in [3.8, 4) is 0 Å². The van der Waals surface area contributed by atoms with E-state index in [1.165, 1.54) is 6.07 Å². The Morgan fingerprint density at radius 1 is 1.42 bits per heavy atom. The zero-order valence-electron chi connectivity index (χ0n) is 9.91. The third kappa shape index (κ3) is 2.53. The Hall–Kier alpha value is -0.960. The first-order valence-electron chi connectivity index (χ1n) is 5.54. The quantitative estimate of drug-likeness (QED) is 0.833. The Kier molecular flexibility index (Phi) is 3.69. The van der Waals surface area contributed by atoms with E-state index in [2.05, 4.69) is 15.9 Å². The Bertz CT molecular complexity index is 619. The summed E-state index contributed by atoms with van der Waals surface area (Å²) in [6.45, 7) is -0.113. The maximum Gasteiger partial charge on any atom is 0.325 e. The summed E-state index contributed by atoms with van der Waals surface area (Å²) in [5, 5.41) is 9.03. The number of benzene rings is 1. The van der Waals surface area contributed by atoms with Crippen molar-refractivity contribution in [2.75, 3.05) is 13.1 Å². The number of carboxylic acid groups (broad SMARTS) is 1. The van der Waals surface area contributed by atoms with E-state index in [4.69, 9.17) is 10.8 Å². The van der Waals surface area contributed by atoms with Crippen molar-refractivity contribution < 1.29 is 18.3 Å². The van der Waals surface area contributed by atoms with E-state index in [0.29, 0.717) is 4.47 Å². The fourth-order valence-corrected chi connectivity index (χ4v) is 4.44. The van der Waals surface area contributed by atoms with E-state index in [9.17, 15) is 13.2 Å². The lowest BCUT2D eigenvalue weighted by atomic mass is 10.0. The lowest BCUT2D eigenvalue weighted by Gasteiger charge is -2.20. The van der Waals surface area contributed by atoms with E-state index in [0.717, 1.165) is 4.31 Å². The smallest absolute Gasteiger partial charge is 0.325 e. The number of nitrogens with zero attached hydrogens (tertiary/aromatic N) is 1. The molecule has 0 aromatic heterocycles. The van der Waals surface area contributed by atoms with Crippen LogP contribution in [-0.4, -0.2) is 42.4 Å². The highest BCUT2D eigenvalue weighted by molar-refractivity contribution is 9.10. The molecule has 1 aromatic rings. The van der Waals surface area contributed by atoms with E-state index in [1.54, 1.807) is 18.2 Å². The monoisotopic (exact) mass is 348 g/mol. The highest BCUT2D eigenvalue weighted by Crippen LogP contribution is 2.29. The second-order valence-corrected chi connectivity index (χ2v) is 7.24. The summed E-state index contributed by atoms with van der Waals surface area (Å²) in [6, 6.07) is 6.41. The van der Waals surface area contributed by atoms with Crippen molar-refractivity contribution in [3.05, 3.63) is 28.7 Å². The highest BCUT2D eigenvalue weighted by Gasteiger charge is 2.45.